The third kappa shape index (κ3) is 18.7. The van der Waals surface area contributed by atoms with Crippen LogP contribution in [0.2, 0.25) is 51.4 Å². The minimum Gasteiger partial charge on any atom is -0.469 e. The Morgan fingerprint density at radius 3 is 1.51 bits per heavy atom. The molecule has 412 valence electrons. The normalized spacial score (nSPS) is 11.9. The first-order chi connectivity index (χ1) is 35.9. The Labute approximate surface area is 450 Å². The fourth-order valence-corrected chi connectivity index (χ4v) is 10.2. The second-order valence-corrected chi connectivity index (χ2v) is 34.9. The average molecular weight is 1130 g/mol. The highest BCUT2D eigenvalue weighted by molar-refractivity contribution is 7.99. The second-order valence-electron chi connectivity index (χ2n) is 20.6. The summed E-state index contributed by atoms with van der Waals surface area (Å²) in [5.41, 5.74) is 3.75. The van der Waals surface area contributed by atoms with E-state index in [1.165, 1.54) is 54.9 Å². The summed E-state index contributed by atoms with van der Waals surface area (Å²) in [5, 5.41) is 8.65. The molecule has 0 radical (unpaired) electrons. The lowest BCUT2D eigenvalue weighted by molar-refractivity contribution is -0.141. The van der Waals surface area contributed by atoms with Gasteiger partial charge in [-0.1, -0.05) is 78.7 Å². The van der Waals surface area contributed by atoms with E-state index in [0.717, 1.165) is 17.7 Å². The van der Waals surface area contributed by atoms with Gasteiger partial charge in [-0.25, -0.2) is 17.2 Å². The predicted octanol–water partition coefficient (Wildman–Crippen LogP) is 11.4. The van der Waals surface area contributed by atoms with Crippen molar-refractivity contribution in [3.8, 4) is 45.8 Å². The maximum Gasteiger partial charge on any atom is 0.323 e. The number of carbonyl (C=O) groups is 2. The molecule has 0 fully saturated rings. The molecule has 0 saturated carbocycles. The summed E-state index contributed by atoms with van der Waals surface area (Å²) in [7, 11) is -4.14. The van der Waals surface area contributed by atoms with E-state index in [0.29, 0.717) is 63.4 Å². The van der Waals surface area contributed by atoms with Crippen LogP contribution >= 0.6 is 11.8 Å². The fraction of sp³-hybridized carbons (Fsp3) is 0.462. The molecule has 0 unspecified atom stereocenters. The summed E-state index contributed by atoms with van der Waals surface area (Å²) in [4.78, 5) is 39.9. The van der Waals surface area contributed by atoms with E-state index in [2.05, 4.69) is 74.2 Å². The van der Waals surface area contributed by atoms with Crippen molar-refractivity contribution in [3.05, 3.63) is 96.1 Å². The van der Waals surface area contributed by atoms with E-state index >= 15 is 0 Å². The number of halogens is 2. The molecule has 0 aliphatic rings. The lowest BCUT2D eigenvalue weighted by Gasteiger charge is -2.18. The van der Waals surface area contributed by atoms with E-state index in [1.54, 1.807) is 41.6 Å². The molecule has 24 heteroatoms. The van der Waals surface area contributed by atoms with Gasteiger partial charge in [0.15, 0.2) is 0 Å². The van der Waals surface area contributed by atoms with Gasteiger partial charge in [0.05, 0.1) is 32.8 Å². The van der Waals surface area contributed by atoms with Crippen molar-refractivity contribution in [2.45, 2.75) is 128 Å². The van der Waals surface area contributed by atoms with Gasteiger partial charge in [-0.05, 0) is 83.6 Å². The number of sulfone groups is 1. The largest absolute Gasteiger partial charge is 0.469 e. The van der Waals surface area contributed by atoms with Crippen molar-refractivity contribution < 1.29 is 55.2 Å². The van der Waals surface area contributed by atoms with Crippen LogP contribution in [0.15, 0.2) is 83.6 Å². The van der Waals surface area contributed by atoms with Crippen molar-refractivity contribution in [1.82, 2.24) is 39.5 Å². The molecule has 0 saturated heterocycles. The second kappa shape index (κ2) is 27.9. The van der Waals surface area contributed by atoms with Gasteiger partial charge in [0.25, 0.3) is 5.16 Å². The number of rotatable bonds is 26. The van der Waals surface area contributed by atoms with Crippen molar-refractivity contribution in [2.75, 3.05) is 38.9 Å². The monoisotopic (exact) mass is 1120 g/mol. The molecule has 0 aliphatic heterocycles. The van der Waals surface area contributed by atoms with Crippen molar-refractivity contribution >= 4 is 49.7 Å². The highest BCUT2D eigenvalue weighted by atomic mass is 32.2. The number of pyridine rings is 2. The molecule has 4 aromatic heterocycles. The standard InChI is InChI=1S/C26H35FN4O6SSi.C26H35FN4O4SSi/c1-18(2)21-15-20(27)16-22(19-7-10-28-11-8-19)24(21)37-26-29-25(38(33,34)13-9-23(32)35-3)30-31(26)17-36-12-14-39(4,5)6;1-18(2)21-15-20(27)16-22(19-7-10-28-11-8-19)24(21)35-26-29-25(36-13-9-23(32)33-3)30-31(26)17-34-12-14-37(4,5)6/h7-8,10-11,15-16,18H,9,12-14,17H2,1-6H3;7-8,10-11,15-16,18H,9,12-14,17H2,1-6H3. The Morgan fingerprint density at radius 2 is 1.08 bits per heavy atom. The van der Waals surface area contributed by atoms with Gasteiger partial charge in [-0.2, -0.15) is 19.3 Å². The van der Waals surface area contributed by atoms with Crippen LogP contribution in [0.25, 0.3) is 22.3 Å². The molecule has 0 bridgehead atoms. The number of benzene rings is 2. The molecule has 0 amide bonds. The first-order valence-corrected chi connectivity index (χ1v) is 34.8. The van der Waals surface area contributed by atoms with E-state index in [9.17, 15) is 26.8 Å². The molecule has 2 aromatic carbocycles. The van der Waals surface area contributed by atoms with Crippen LogP contribution in [-0.2, 0) is 51.8 Å². The zero-order valence-corrected chi connectivity index (χ0v) is 49.0. The van der Waals surface area contributed by atoms with Crippen LogP contribution in [0.5, 0.6) is 23.5 Å². The van der Waals surface area contributed by atoms with Crippen LogP contribution in [-0.4, -0.2) is 115 Å². The molecule has 6 aromatic rings. The summed E-state index contributed by atoms with van der Waals surface area (Å²) in [6, 6.07) is 14.7. The number of hydrogen-bond acceptors (Lipinski definition) is 17. The maximum absolute atomic E-state index is 14.7. The number of carbonyl (C=O) groups excluding carboxylic acids is 2. The van der Waals surface area contributed by atoms with Crippen LogP contribution in [0.3, 0.4) is 0 Å². The summed E-state index contributed by atoms with van der Waals surface area (Å²) < 4.78 is 91.6. The predicted molar refractivity (Wildman–Crippen MR) is 292 cm³/mol. The maximum atomic E-state index is 14.7. The lowest BCUT2D eigenvalue weighted by atomic mass is 9.95. The number of thioether (sulfide) groups is 1. The zero-order valence-electron chi connectivity index (χ0n) is 45.4. The van der Waals surface area contributed by atoms with Crippen LogP contribution < -0.4 is 9.47 Å². The molecular formula is C52H70F2N8O10S2Si2. The Kier molecular flexibility index (Phi) is 22.4. The molecule has 0 aliphatic carbocycles. The molecule has 0 N–H and O–H groups in total. The summed E-state index contributed by atoms with van der Waals surface area (Å²) >= 11 is 1.33. The van der Waals surface area contributed by atoms with Gasteiger partial charge in [0.2, 0.25) is 15.0 Å². The molecule has 18 nitrogen and oxygen atoms in total. The molecule has 4 heterocycles. The van der Waals surface area contributed by atoms with Gasteiger partial charge < -0.3 is 28.4 Å². The quantitative estimate of drug-likeness (QED) is 0.0214. The third-order valence-electron chi connectivity index (χ3n) is 11.3. The number of ether oxygens (including phenoxy) is 6. The molecular weight excluding hydrogens is 1050 g/mol. The van der Waals surface area contributed by atoms with Crippen LogP contribution in [0.4, 0.5) is 8.78 Å². The number of methoxy groups -OCH3 is 2. The summed E-state index contributed by atoms with van der Waals surface area (Å²) in [5.74, 6) is -1.16. The highest BCUT2D eigenvalue weighted by Crippen LogP contribution is 2.42. The van der Waals surface area contributed by atoms with E-state index in [-0.39, 0.29) is 61.9 Å². The fourth-order valence-electron chi connectivity index (χ4n) is 6.91. The molecule has 0 spiro atoms. The minimum atomic E-state index is -4.05. The van der Waals surface area contributed by atoms with Crippen LogP contribution in [0.1, 0.15) is 63.5 Å². The molecule has 0 atom stereocenters. The van der Waals surface area contributed by atoms with Gasteiger partial charge in [0, 0.05) is 82.2 Å². The average Bonchev–Trinajstić information content (AvgIpc) is 3.97. The van der Waals surface area contributed by atoms with Gasteiger partial charge >= 0.3 is 24.0 Å². The third-order valence-corrected chi connectivity index (χ3v) is 17.0. The van der Waals surface area contributed by atoms with Crippen molar-refractivity contribution in [2.24, 2.45) is 0 Å². The molecule has 6 rings (SSSR count). The van der Waals surface area contributed by atoms with Crippen LogP contribution in [0, 0.1) is 11.6 Å². The van der Waals surface area contributed by atoms with Gasteiger partial charge in [-0.3, -0.25) is 19.6 Å². The Morgan fingerprint density at radius 1 is 0.645 bits per heavy atom. The minimum absolute atomic E-state index is 0.00967. The van der Waals surface area contributed by atoms with E-state index in [1.807, 2.05) is 39.8 Å². The SMILES string of the molecule is COC(=O)CCS(=O)(=O)c1nc(Oc2c(-c3ccncc3)cc(F)cc2C(C)C)n(COCC[Si](C)(C)C)n1.COC(=O)CCSc1nc(Oc2c(-c3ccncc3)cc(F)cc2C(C)C)n(COCC[Si](C)(C)C)n1. The smallest absolute Gasteiger partial charge is 0.323 e. The highest BCUT2D eigenvalue weighted by Gasteiger charge is 2.28. The van der Waals surface area contributed by atoms with Crippen molar-refractivity contribution in [1.29, 1.82) is 0 Å². The number of hydrogen-bond donors (Lipinski definition) is 0. The topological polar surface area (TPSA) is 211 Å². The van der Waals surface area contributed by atoms with Crippen molar-refractivity contribution in [3.63, 3.8) is 0 Å². The first-order valence-electron chi connectivity index (χ1n) is 24.8. The Hall–Kier alpha value is -5.93. The summed E-state index contributed by atoms with van der Waals surface area (Å²) in [6.07, 6.45) is 6.37. The summed E-state index contributed by atoms with van der Waals surface area (Å²) in [6.45, 7) is 22.4. The molecule has 76 heavy (non-hydrogen) atoms. The number of aromatic nitrogens is 8. The lowest BCUT2D eigenvalue weighted by Crippen LogP contribution is -2.22. The van der Waals surface area contributed by atoms with E-state index in [4.69, 9.17) is 23.7 Å². The van der Waals surface area contributed by atoms with E-state index < -0.39 is 48.7 Å². The van der Waals surface area contributed by atoms with Gasteiger partial charge in [0.1, 0.15) is 36.6 Å². The Balaban J connectivity index is 0.000000281. The first kappa shape index (κ1) is 60.9. The Bertz CT molecular complexity index is 2970. The van der Waals surface area contributed by atoms with Gasteiger partial charge in [-0.15, -0.1) is 10.2 Å². The number of nitrogens with zero attached hydrogens (tertiary/aromatic N) is 8. The zero-order chi connectivity index (χ0) is 55.8. The number of esters is 2.